The van der Waals surface area contributed by atoms with Gasteiger partial charge in [-0.05, 0) is 11.6 Å². The SMILES string of the molecule is O=C(O)c1cc(NCc2ccccc2)cc([N+](=O)[O-])c1. The highest BCUT2D eigenvalue weighted by molar-refractivity contribution is 5.89. The first-order chi connectivity index (χ1) is 9.56. The average Bonchev–Trinajstić information content (AvgIpc) is 2.45. The van der Waals surface area contributed by atoms with E-state index in [0.717, 1.165) is 11.6 Å². The molecule has 6 heteroatoms. The second-order valence-corrected chi connectivity index (χ2v) is 4.17. The predicted octanol–water partition coefficient (Wildman–Crippen LogP) is 2.91. The first-order valence-electron chi connectivity index (χ1n) is 5.87. The second kappa shape index (κ2) is 5.83. The summed E-state index contributed by atoms with van der Waals surface area (Å²) in [6.45, 7) is 0.459. The molecule has 0 aliphatic rings. The zero-order valence-corrected chi connectivity index (χ0v) is 10.4. The fourth-order valence-corrected chi connectivity index (χ4v) is 1.74. The number of nitro groups is 1. The van der Waals surface area contributed by atoms with Gasteiger partial charge in [0.2, 0.25) is 0 Å². The maximum atomic E-state index is 11.0. The molecule has 0 aliphatic heterocycles. The van der Waals surface area contributed by atoms with Gasteiger partial charge >= 0.3 is 5.97 Å². The van der Waals surface area contributed by atoms with E-state index in [-0.39, 0.29) is 11.3 Å². The molecule has 0 spiro atoms. The summed E-state index contributed by atoms with van der Waals surface area (Å²) in [6.07, 6.45) is 0. The lowest BCUT2D eigenvalue weighted by Crippen LogP contribution is -2.03. The van der Waals surface area contributed by atoms with Crippen molar-refractivity contribution in [3.8, 4) is 0 Å². The quantitative estimate of drug-likeness (QED) is 0.644. The Hall–Kier alpha value is -2.89. The van der Waals surface area contributed by atoms with Crippen LogP contribution in [0.3, 0.4) is 0 Å². The second-order valence-electron chi connectivity index (χ2n) is 4.17. The molecule has 0 heterocycles. The molecule has 0 saturated carbocycles. The van der Waals surface area contributed by atoms with Crippen molar-refractivity contribution in [2.75, 3.05) is 5.32 Å². The molecule has 102 valence electrons. The monoisotopic (exact) mass is 272 g/mol. The van der Waals surface area contributed by atoms with Crippen LogP contribution in [0.4, 0.5) is 11.4 Å². The topological polar surface area (TPSA) is 92.5 Å². The number of non-ortho nitro benzene ring substituents is 1. The summed E-state index contributed by atoms with van der Waals surface area (Å²) in [7, 11) is 0. The third-order valence-corrected chi connectivity index (χ3v) is 2.72. The van der Waals surface area contributed by atoms with E-state index in [0.29, 0.717) is 12.2 Å². The van der Waals surface area contributed by atoms with Gasteiger partial charge in [-0.2, -0.15) is 0 Å². The predicted molar refractivity (Wildman–Crippen MR) is 73.8 cm³/mol. The van der Waals surface area contributed by atoms with Crippen molar-refractivity contribution in [1.29, 1.82) is 0 Å². The maximum absolute atomic E-state index is 11.0. The van der Waals surface area contributed by atoms with Crippen molar-refractivity contribution >= 4 is 17.3 Å². The molecule has 2 rings (SSSR count). The van der Waals surface area contributed by atoms with E-state index in [1.165, 1.54) is 12.1 Å². The minimum Gasteiger partial charge on any atom is -0.478 e. The highest BCUT2D eigenvalue weighted by Crippen LogP contribution is 2.21. The molecule has 0 saturated heterocycles. The van der Waals surface area contributed by atoms with Gasteiger partial charge in [-0.3, -0.25) is 10.1 Å². The van der Waals surface area contributed by atoms with Gasteiger partial charge in [0.15, 0.2) is 0 Å². The van der Waals surface area contributed by atoms with Crippen LogP contribution in [-0.4, -0.2) is 16.0 Å². The Kier molecular flexibility index (Phi) is 3.95. The van der Waals surface area contributed by atoms with Crippen molar-refractivity contribution in [3.63, 3.8) is 0 Å². The van der Waals surface area contributed by atoms with Gasteiger partial charge in [-0.1, -0.05) is 30.3 Å². The number of aromatic carboxylic acids is 1. The van der Waals surface area contributed by atoms with Gasteiger partial charge in [-0.15, -0.1) is 0 Å². The van der Waals surface area contributed by atoms with Crippen LogP contribution in [0.15, 0.2) is 48.5 Å². The number of carbonyl (C=O) groups is 1. The number of carboxylic acids is 1. The molecule has 20 heavy (non-hydrogen) atoms. The Bertz CT molecular complexity index is 609. The third-order valence-electron chi connectivity index (χ3n) is 2.72. The molecular formula is C14H12N2O4. The van der Waals surface area contributed by atoms with Crippen LogP contribution >= 0.6 is 0 Å². The van der Waals surface area contributed by atoms with E-state index in [1.54, 1.807) is 0 Å². The molecule has 0 fully saturated rings. The summed E-state index contributed by atoms with van der Waals surface area (Å²) in [5.74, 6) is -1.20. The fourth-order valence-electron chi connectivity index (χ4n) is 1.74. The smallest absolute Gasteiger partial charge is 0.336 e. The summed E-state index contributed by atoms with van der Waals surface area (Å²) in [4.78, 5) is 21.1. The minimum absolute atomic E-state index is 0.116. The Labute approximate surface area is 114 Å². The molecule has 2 aromatic rings. The summed E-state index contributed by atoms with van der Waals surface area (Å²) in [5.41, 5.74) is 1.03. The largest absolute Gasteiger partial charge is 0.478 e. The number of anilines is 1. The summed E-state index contributed by atoms with van der Waals surface area (Å²) >= 11 is 0. The normalized spacial score (nSPS) is 10.0. The number of nitrogens with one attached hydrogen (secondary N) is 1. The number of hydrogen-bond acceptors (Lipinski definition) is 4. The highest BCUT2D eigenvalue weighted by Gasteiger charge is 2.13. The van der Waals surface area contributed by atoms with Crippen LogP contribution < -0.4 is 5.32 Å². The molecule has 0 aliphatic carbocycles. The van der Waals surface area contributed by atoms with Gasteiger partial charge in [0.1, 0.15) is 0 Å². The summed E-state index contributed by atoms with van der Waals surface area (Å²) in [5, 5.41) is 22.7. The van der Waals surface area contributed by atoms with Crippen molar-refractivity contribution < 1.29 is 14.8 Å². The number of nitrogens with zero attached hydrogens (tertiary/aromatic N) is 1. The van der Waals surface area contributed by atoms with Crippen LogP contribution in [0.5, 0.6) is 0 Å². The lowest BCUT2D eigenvalue weighted by atomic mass is 10.1. The minimum atomic E-state index is -1.20. The molecule has 0 bridgehead atoms. The average molecular weight is 272 g/mol. The molecule has 0 aromatic heterocycles. The van der Waals surface area contributed by atoms with Crippen LogP contribution in [0, 0.1) is 10.1 Å². The van der Waals surface area contributed by atoms with E-state index >= 15 is 0 Å². The van der Waals surface area contributed by atoms with Crippen LogP contribution in [0.1, 0.15) is 15.9 Å². The zero-order valence-electron chi connectivity index (χ0n) is 10.4. The molecule has 0 atom stereocenters. The molecule has 0 radical (unpaired) electrons. The van der Waals surface area contributed by atoms with E-state index in [9.17, 15) is 14.9 Å². The standard InChI is InChI=1S/C14H12N2O4/c17-14(18)11-6-12(8-13(7-11)16(19)20)15-9-10-4-2-1-3-5-10/h1-8,15H,9H2,(H,17,18). The Morgan fingerprint density at radius 1 is 1.20 bits per heavy atom. The van der Waals surface area contributed by atoms with Crippen molar-refractivity contribution in [2.45, 2.75) is 6.54 Å². The van der Waals surface area contributed by atoms with Crippen molar-refractivity contribution in [2.24, 2.45) is 0 Å². The molecule has 0 unspecified atom stereocenters. The number of nitro benzene ring substituents is 1. The first-order valence-corrected chi connectivity index (χ1v) is 5.87. The number of benzene rings is 2. The molecule has 2 N–H and O–H groups in total. The van der Waals surface area contributed by atoms with Gasteiger partial charge in [0, 0.05) is 24.4 Å². The summed E-state index contributed by atoms with van der Waals surface area (Å²) in [6, 6.07) is 13.2. The van der Waals surface area contributed by atoms with Gasteiger partial charge < -0.3 is 10.4 Å². The third kappa shape index (κ3) is 3.32. The Morgan fingerprint density at radius 2 is 1.90 bits per heavy atom. The van der Waals surface area contributed by atoms with Gasteiger partial charge in [-0.25, -0.2) is 4.79 Å². The van der Waals surface area contributed by atoms with Gasteiger partial charge in [0.05, 0.1) is 10.5 Å². The van der Waals surface area contributed by atoms with Crippen LogP contribution in [-0.2, 0) is 6.54 Å². The Morgan fingerprint density at radius 3 is 2.50 bits per heavy atom. The van der Waals surface area contributed by atoms with E-state index in [2.05, 4.69) is 5.32 Å². The lowest BCUT2D eigenvalue weighted by molar-refractivity contribution is -0.384. The lowest BCUT2D eigenvalue weighted by Gasteiger charge is -2.07. The number of rotatable bonds is 5. The van der Waals surface area contributed by atoms with E-state index in [1.807, 2.05) is 30.3 Å². The highest BCUT2D eigenvalue weighted by atomic mass is 16.6. The first kappa shape index (κ1) is 13.5. The van der Waals surface area contributed by atoms with E-state index in [4.69, 9.17) is 5.11 Å². The summed E-state index contributed by atoms with van der Waals surface area (Å²) < 4.78 is 0. The molecular weight excluding hydrogens is 260 g/mol. The zero-order chi connectivity index (χ0) is 14.5. The number of hydrogen-bond donors (Lipinski definition) is 2. The maximum Gasteiger partial charge on any atom is 0.336 e. The van der Waals surface area contributed by atoms with Gasteiger partial charge in [0.25, 0.3) is 5.69 Å². The fraction of sp³-hybridized carbons (Fsp3) is 0.0714. The molecule has 2 aromatic carbocycles. The number of carboxylic acid groups (broad SMARTS) is 1. The van der Waals surface area contributed by atoms with Crippen LogP contribution in [0.25, 0.3) is 0 Å². The molecule has 6 nitrogen and oxygen atoms in total. The van der Waals surface area contributed by atoms with Crippen molar-refractivity contribution in [1.82, 2.24) is 0 Å². The Balaban J connectivity index is 2.22. The van der Waals surface area contributed by atoms with E-state index < -0.39 is 10.9 Å². The van der Waals surface area contributed by atoms with Crippen LogP contribution in [0.2, 0.25) is 0 Å². The molecule has 0 amide bonds. The van der Waals surface area contributed by atoms with Crippen molar-refractivity contribution in [3.05, 3.63) is 69.8 Å².